The molecule has 2 rings (SSSR count). The molecule has 0 unspecified atom stereocenters. The van der Waals surface area contributed by atoms with Crippen molar-refractivity contribution >= 4 is 10.0 Å². The number of nitrogens with zero attached hydrogens (tertiary/aromatic N) is 1. The van der Waals surface area contributed by atoms with Crippen molar-refractivity contribution in [2.45, 2.75) is 38.3 Å². The first-order chi connectivity index (χ1) is 12.8. The monoisotopic (exact) mass is 390 g/mol. The molecule has 5 nitrogen and oxygen atoms in total. The summed E-state index contributed by atoms with van der Waals surface area (Å²) in [4.78, 5) is 0.310. The van der Waals surface area contributed by atoms with Gasteiger partial charge in [-0.2, -0.15) is 0 Å². The topological polar surface area (TPSA) is 58.6 Å². The first-order valence-electron chi connectivity index (χ1n) is 9.23. The summed E-state index contributed by atoms with van der Waals surface area (Å²) in [6.07, 6.45) is 1.05. The minimum atomic E-state index is -3.37. The van der Waals surface area contributed by atoms with Crippen LogP contribution in [0.5, 0.6) is 5.75 Å². The molecule has 0 spiro atoms. The maximum atomic E-state index is 12.1. The molecule has 0 saturated carbocycles. The number of ether oxygens (including phenoxy) is 1. The zero-order chi connectivity index (χ0) is 19.9. The number of benzene rings is 2. The van der Waals surface area contributed by atoms with E-state index in [-0.39, 0.29) is 0 Å². The molecule has 0 fully saturated rings. The van der Waals surface area contributed by atoms with Crippen LogP contribution in [0.25, 0.3) is 0 Å². The Morgan fingerprint density at radius 1 is 0.926 bits per heavy atom. The normalized spacial score (nSPS) is 11.9. The highest BCUT2D eigenvalue weighted by atomic mass is 32.2. The molecule has 2 aromatic carbocycles. The van der Waals surface area contributed by atoms with E-state index in [1.165, 1.54) is 24.0 Å². The number of hydrogen-bond acceptors (Lipinski definition) is 4. The molecule has 0 radical (unpaired) electrons. The van der Waals surface area contributed by atoms with Crippen LogP contribution < -0.4 is 10.1 Å². The third-order valence-electron chi connectivity index (χ3n) is 4.25. The molecular weight excluding hydrogens is 360 g/mol. The quantitative estimate of drug-likeness (QED) is 0.673. The van der Waals surface area contributed by atoms with Gasteiger partial charge in [0.1, 0.15) is 5.75 Å². The van der Waals surface area contributed by atoms with Crippen LogP contribution in [0, 0.1) is 5.92 Å². The van der Waals surface area contributed by atoms with Crippen LogP contribution in [-0.2, 0) is 23.1 Å². The lowest BCUT2D eigenvalue weighted by Gasteiger charge is -2.12. The highest BCUT2D eigenvalue weighted by Crippen LogP contribution is 2.15. The summed E-state index contributed by atoms with van der Waals surface area (Å²) in [5.41, 5.74) is 2.22. The summed E-state index contributed by atoms with van der Waals surface area (Å²) < 4.78 is 31.1. The van der Waals surface area contributed by atoms with Crippen molar-refractivity contribution in [1.29, 1.82) is 0 Å². The maximum Gasteiger partial charge on any atom is 0.242 e. The lowest BCUT2D eigenvalue weighted by molar-refractivity contribution is 0.289. The first-order valence-corrected chi connectivity index (χ1v) is 10.7. The third kappa shape index (κ3) is 6.65. The Bertz CT molecular complexity index is 798. The Hall–Kier alpha value is -1.89. The van der Waals surface area contributed by atoms with Gasteiger partial charge < -0.3 is 10.1 Å². The number of rotatable bonds is 10. The minimum Gasteiger partial charge on any atom is -0.494 e. The van der Waals surface area contributed by atoms with Crippen LogP contribution in [0.15, 0.2) is 53.4 Å². The fourth-order valence-corrected chi connectivity index (χ4v) is 3.36. The van der Waals surface area contributed by atoms with Gasteiger partial charge in [0, 0.05) is 27.2 Å². The van der Waals surface area contributed by atoms with Crippen LogP contribution in [0.2, 0.25) is 0 Å². The lowest BCUT2D eigenvalue weighted by Crippen LogP contribution is -2.22. The van der Waals surface area contributed by atoms with E-state index in [0.717, 1.165) is 30.9 Å². The van der Waals surface area contributed by atoms with Crippen LogP contribution in [0.4, 0.5) is 0 Å². The lowest BCUT2D eigenvalue weighted by atomic mass is 10.1. The minimum absolute atomic E-state index is 0.310. The van der Waals surface area contributed by atoms with Gasteiger partial charge in [-0.1, -0.05) is 38.1 Å². The van der Waals surface area contributed by atoms with Gasteiger partial charge in [0.15, 0.2) is 0 Å². The second-order valence-corrected chi connectivity index (χ2v) is 9.36. The second-order valence-electron chi connectivity index (χ2n) is 7.21. The summed E-state index contributed by atoms with van der Waals surface area (Å²) in [6, 6.07) is 15.1. The Kier molecular flexibility index (Phi) is 7.83. The van der Waals surface area contributed by atoms with Crippen molar-refractivity contribution in [2.24, 2.45) is 5.92 Å². The Morgan fingerprint density at radius 3 is 1.93 bits per heavy atom. The summed E-state index contributed by atoms with van der Waals surface area (Å²) in [6.45, 7) is 6.54. The fraction of sp³-hybridized carbons (Fsp3) is 0.429. The zero-order valence-electron chi connectivity index (χ0n) is 16.6. The average molecular weight is 391 g/mol. The molecule has 0 aliphatic carbocycles. The standard InChI is InChI=1S/C21H30N2O3S/c1-17(2)13-14-26-20-9-5-18(6-10-20)15-22-16-19-7-11-21(12-8-19)27(24,25)23(3)4/h5-12,17,22H,13-16H2,1-4H3. The van der Waals surface area contributed by atoms with E-state index in [2.05, 4.69) is 31.3 Å². The van der Waals surface area contributed by atoms with E-state index >= 15 is 0 Å². The summed E-state index contributed by atoms with van der Waals surface area (Å²) in [5, 5.41) is 3.38. The molecule has 0 saturated heterocycles. The zero-order valence-corrected chi connectivity index (χ0v) is 17.4. The molecule has 27 heavy (non-hydrogen) atoms. The molecule has 0 aliphatic heterocycles. The van der Waals surface area contributed by atoms with Crippen molar-refractivity contribution in [1.82, 2.24) is 9.62 Å². The highest BCUT2D eigenvalue weighted by Gasteiger charge is 2.16. The largest absolute Gasteiger partial charge is 0.494 e. The molecule has 0 heterocycles. The van der Waals surface area contributed by atoms with E-state index in [9.17, 15) is 8.42 Å². The second kappa shape index (κ2) is 9.88. The molecule has 148 valence electrons. The van der Waals surface area contributed by atoms with Gasteiger partial charge in [-0.15, -0.1) is 0 Å². The van der Waals surface area contributed by atoms with Crippen molar-refractivity contribution in [2.75, 3.05) is 20.7 Å². The summed E-state index contributed by atoms with van der Waals surface area (Å²) in [5.74, 6) is 1.54. The van der Waals surface area contributed by atoms with E-state index in [1.807, 2.05) is 24.3 Å². The number of nitrogens with one attached hydrogen (secondary N) is 1. The van der Waals surface area contributed by atoms with Crippen molar-refractivity contribution in [3.8, 4) is 5.75 Å². The molecule has 1 N–H and O–H groups in total. The van der Waals surface area contributed by atoms with Crippen LogP contribution in [0.1, 0.15) is 31.4 Å². The van der Waals surface area contributed by atoms with Crippen LogP contribution in [0.3, 0.4) is 0 Å². The molecule has 0 amide bonds. The van der Waals surface area contributed by atoms with Gasteiger partial charge >= 0.3 is 0 Å². The predicted molar refractivity (Wildman–Crippen MR) is 109 cm³/mol. The average Bonchev–Trinajstić information content (AvgIpc) is 2.63. The van der Waals surface area contributed by atoms with Crippen LogP contribution >= 0.6 is 0 Å². The Balaban J connectivity index is 1.81. The van der Waals surface area contributed by atoms with Gasteiger partial charge in [0.05, 0.1) is 11.5 Å². The van der Waals surface area contributed by atoms with Gasteiger partial charge in [-0.3, -0.25) is 0 Å². The molecule has 0 bridgehead atoms. The van der Waals surface area contributed by atoms with Gasteiger partial charge in [-0.05, 0) is 47.7 Å². The third-order valence-corrected chi connectivity index (χ3v) is 6.08. The van der Waals surface area contributed by atoms with E-state index in [1.54, 1.807) is 12.1 Å². The number of hydrogen-bond donors (Lipinski definition) is 1. The van der Waals surface area contributed by atoms with Crippen molar-refractivity contribution < 1.29 is 13.2 Å². The van der Waals surface area contributed by atoms with Crippen molar-refractivity contribution in [3.05, 3.63) is 59.7 Å². The van der Waals surface area contributed by atoms with E-state index in [0.29, 0.717) is 17.4 Å². The SMILES string of the molecule is CC(C)CCOc1ccc(CNCc2ccc(S(=O)(=O)N(C)C)cc2)cc1. The molecule has 0 aliphatic rings. The predicted octanol–water partition coefficient (Wildman–Crippen LogP) is 3.65. The molecule has 0 aromatic heterocycles. The van der Waals surface area contributed by atoms with Gasteiger partial charge in [-0.25, -0.2) is 12.7 Å². The van der Waals surface area contributed by atoms with Gasteiger partial charge in [0.25, 0.3) is 0 Å². The van der Waals surface area contributed by atoms with E-state index < -0.39 is 10.0 Å². The molecule has 0 atom stereocenters. The van der Waals surface area contributed by atoms with Crippen LogP contribution in [-0.4, -0.2) is 33.4 Å². The summed E-state index contributed by atoms with van der Waals surface area (Å²) in [7, 11) is -0.306. The highest BCUT2D eigenvalue weighted by molar-refractivity contribution is 7.89. The number of sulfonamides is 1. The van der Waals surface area contributed by atoms with Crippen molar-refractivity contribution in [3.63, 3.8) is 0 Å². The van der Waals surface area contributed by atoms with E-state index in [4.69, 9.17) is 4.74 Å². The Morgan fingerprint density at radius 2 is 1.44 bits per heavy atom. The molecule has 6 heteroatoms. The first kappa shape index (κ1) is 21.4. The summed E-state index contributed by atoms with van der Waals surface area (Å²) >= 11 is 0. The molecular formula is C21H30N2O3S. The van der Waals surface area contributed by atoms with Gasteiger partial charge in [0.2, 0.25) is 10.0 Å². The molecule has 2 aromatic rings. The Labute approximate surface area is 163 Å². The maximum absolute atomic E-state index is 12.1. The fourth-order valence-electron chi connectivity index (χ4n) is 2.46. The smallest absolute Gasteiger partial charge is 0.242 e.